The maximum absolute atomic E-state index is 3.54. The third-order valence-electron chi connectivity index (χ3n) is 5.58. The summed E-state index contributed by atoms with van der Waals surface area (Å²) in [6, 6.07) is 0. The number of hydrogen-bond acceptors (Lipinski definition) is 2. The predicted octanol–water partition coefficient (Wildman–Crippen LogP) is 3.52. The summed E-state index contributed by atoms with van der Waals surface area (Å²) in [5.41, 5.74) is 0.630. The molecule has 2 fully saturated rings. The van der Waals surface area contributed by atoms with Gasteiger partial charge in [0.15, 0.2) is 0 Å². The molecule has 0 saturated carbocycles. The molecule has 2 heterocycles. The van der Waals surface area contributed by atoms with Crippen LogP contribution in [0.15, 0.2) is 0 Å². The Labute approximate surface area is 120 Å². The Kier molecular flexibility index (Phi) is 5.70. The summed E-state index contributed by atoms with van der Waals surface area (Å²) >= 11 is 0. The lowest BCUT2D eigenvalue weighted by Crippen LogP contribution is -2.47. The SMILES string of the molecule is CCCC1(CN2CCC(C(C)C)CC2)CCNCC1. The van der Waals surface area contributed by atoms with Gasteiger partial charge in [-0.05, 0) is 75.5 Å². The van der Waals surface area contributed by atoms with Crippen LogP contribution in [0.3, 0.4) is 0 Å². The van der Waals surface area contributed by atoms with Crippen LogP contribution in [0.5, 0.6) is 0 Å². The Morgan fingerprint density at radius 2 is 1.79 bits per heavy atom. The van der Waals surface area contributed by atoms with Gasteiger partial charge in [0.1, 0.15) is 0 Å². The lowest BCUT2D eigenvalue weighted by molar-refractivity contribution is 0.0692. The molecule has 0 radical (unpaired) electrons. The molecule has 2 nitrogen and oxygen atoms in total. The number of likely N-dealkylation sites (tertiary alicyclic amines) is 1. The van der Waals surface area contributed by atoms with Gasteiger partial charge in [-0.2, -0.15) is 0 Å². The van der Waals surface area contributed by atoms with Crippen molar-refractivity contribution in [3.8, 4) is 0 Å². The molecule has 0 spiro atoms. The van der Waals surface area contributed by atoms with Crippen LogP contribution in [0.25, 0.3) is 0 Å². The van der Waals surface area contributed by atoms with E-state index >= 15 is 0 Å². The Bertz CT molecular complexity index is 242. The van der Waals surface area contributed by atoms with E-state index in [1.54, 1.807) is 0 Å². The lowest BCUT2D eigenvalue weighted by atomic mass is 9.74. The molecule has 0 aromatic rings. The third-order valence-corrected chi connectivity index (χ3v) is 5.58. The van der Waals surface area contributed by atoms with Crippen LogP contribution < -0.4 is 5.32 Å². The van der Waals surface area contributed by atoms with Crippen LogP contribution in [0.1, 0.15) is 59.3 Å². The summed E-state index contributed by atoms with van der Waals surface area (Å²) in [6.45, 7) is 13.7. The summed E-state index contributed by atoms with van der Waals surface area (Å²) in [4.78, 5) is 2.78. The standard InChI is InChI=1S/C17H34N2/c1-4-7-17(8-10-18-11-9-17)14-19-12-5-16(6-13-19)15(2)3/h15-16,18H,4-14H2,1-3H3. The van der Waals surface area contributed by atoms with Crippen molar-refractivity contribution >= 4 is 0 Å². The third kappa shape index (κ3) is 4.19. The number of nitrogens with zero attached hydrogens (tertiary/aromatic N) is 1. The van der Waals surface area contributed by atoms with Gasteiger partial charge in [-0.25, -0.2) is 0 Å². The molecule has 2 aliphatic heterocycles. The van der Waals surface area contributed by atoms with E-state index in [0.717, 1.165) is 11.8 Å². The second-order valence-electron chi connectivity index (χ2n) is 7.36. The molecule has 0 bridgehead atoms. The first-order valence-corrected chi connectivity index (χ1v) is 8.58. The van der Waals surface area contributed by atoms with Crippen molar-refractivity contribution < 1.29 is 0 Å². The molecule has 0 atom stereocenters. The highest BCUT2D eigenvalue weighted by atomic mass is 15.1. The second-order valence-corrected chi connectivity index (χ2v) is 7.36. The van der Waals surface area contributed by atoms with Gasteiger partial charge in [0.25, 0.3) is 0 Å². The van der Waals surface area contributed by atoms with Gasteiger partial charge in [-0.1, -0.05) is 27.2 Å². The smallest absolute Gasteiger partial charge is 0.00389 e. The number of rotatable bonds is 5. The summed E-state index contributed by atoms with van der Waals surface area (Å²) in [5, 5.41) is 3.54. The van der Waals surface area contributed by atoms with Gasteiger partial charge in [-0.3, -0.25) is 0 Å². The van der Waals surface area contributed by atoms with Gasteiger partial charge >= 0.3 is 0 Å². The second kappa shape index (κ2) is 7.08. The fourth-order valence-electron chi connectivity index (χ4n) is 4.23. The van der Waals surface area contributed by atoms with Gasteiger partial charge in [-0.15, -0.1) is 0 Å². The van der Waals surface area contributed by atoms with Gasteiger partial charge in [0.05, 0.1) is 0 Å². The Morgan fingerprint density at radius 3 is 2.32 bits per heavy atom. The van der Waals surface area contributed by atoms with Crippen molar-refractivity contribution in [3.63, 3.8) is 0 Å². The first-order chi connectivity index (χ1) is 9.15. The summed E-state index contributed by atoms with van der Waals surface area (Å²) in [7, 11) is 0. The quantitative estimate of drug-likeness (QED) is 0.819. The molecular formula is C17H34N2. The molecule has 2 rings (SSSR count). The van der Waals surface area contributed by atoms with E-state index in [4.69, 9.17) is 0 Å². The molecule has 0 aromatic carbocycles. The molecule has 1 N–H and O–H groups in total. The number of hydrogen-bond donors (Lipinski definition) is 1. The van der Waals surface area contributed by atoms with Crippen LogP contribution in [0.4, 0.5) is 0 Å². The van der Waals surface area contributed by atoms with E-state index in [0.29, 0.717) is 5.41 Å². The maximum Gasteiger partial charge on any atom is 0.00389 e. The number of nitrogens with one attached hydrogen (secondary N) is 1. The average molecular weight is 266 g/mol. The normalized spacial score (nSPS) is 25.9. The van der Waals surface area contributed by atoms with E-state index in [1.807, 2.05) is 0 Å². The van der Waals surface area contributed by atoms with Crippen molar-refractivity contribution in [2.45, 2.75) is 59.3 Å². The van der Waals surface area contributed by atoms with Crippen molar-refractivity contribution in [1.29, 1.82) is 0 Å². The Balaban J connectivity index is 1.85. The van der Waals surface area contributed by atoms with Crippen molar-refractivity contribution in [2.75, 3.05) is 32.7 Å². The minimum atomic E-state index is 0.630. The largest absolute Gasteiger partial charge is 0.317 e. The van der Waals surface area contributed by atoms with Gasteiger partial charge in [0, 0.05) is 6.54 Å². The zero-order valence-corrected chi connectivity index (χ0v) is 13.4. The van der Waals surface area contributed by atoms with Crippen molar-refractivity contribution in [3.05, 3.63) is 0 Å². The van der Waals surface area contributed by atoms with E-state index < -0.39 is 0 Å². The van der Waals surface area contributed by atoms with Crippen LogP contribution >= 0.6 is 0 Å². The predicted molar refractivity (Wildman–Crippen MR) is 83.4 cm³/mol. The first-order valence-electron chi connectivity index (χ1n) is 8.58. The maximum atomic E-state index is 3.54. The fourth-order valence-corrected chi connectivity index (χ4v) is 4.23. The molecule has 19 heavy (non-hydrogen) atoms. The van der Waals surface area contributed by atoms with Gasteiger partial charge in [0.2, 0.25) is 0 Å². The molecule has 0 unspecified atom stereocenters. The molecular weight excluding hydrogens is 232 g/mol. The van der Waals surface area contributed by atoms with E-state index in [-0.39, 0.29) is 0 Å². The summed E-state index contributed by atoms with van der Waals surface area (Å²) in [6.07, 6.45) is 8.42. The molecule has 2 saturated heterocycles. The van der Waals surface area contributed by atoms with Crippen LogP contribution in [0.2, 0.25) is 0 Å². The zero-order chi connectivity index (χ0) is 13.7. The molecule has 2 heteroatoms. The Hall–Kier alpha value is -0.0800. The van der Waals surface area contributed by atoms with E-state index in [2.05, 4.69) is 31.0 Å². The highest BCUT2D eigenvalue weighted by molar-refractivity contribution is 4.88. The fraction of sp³-hybridized carbons (Fsp3) is 1.00. The highest BCUT2D eigenvalue weighted by Gasteiger charge is 2.34. The van der Waals surface area contributed by atoms with Gasteiger partial charge < -0.3 is 10.2 Å². The van der Waals surface area contributed by atoms with E-state index in [9.17, 15) is 0 Å². The Morgan fingerprint density at radius 1 is 1.16 bits per heavy atom. The van der Waals surface area contributed by atoms with Crippen LogP contribution in [-0.4, -0.2) is 37.6 Å². The molecule has 0 aliphatic carbocycles. The molecule has 2 aliphatic rings. The minimum Gasteiger partial charge on any atom is -0.317 e. The summed E-state index contributed by atoms with van der Waals surface area (Å²) < 4.78 is 0. The highest BCUT2D eigenvalue weighted by Crippen LogP contribution is 2.36. The summed E-state index contributed by atoms with van der Waals surface area (Å²) in [5.74, 6) is 1.86. The minimum absolute atomic E-state index is 0.630. The molecule has 0 aromatic heterocycles. The topological polar surface area (TPSA) is 15.3 Å². The van der Waals surface area contributed by atoms with Crippen LogP contribution in [0, 0.1) is 17.3 Å². The van der Waals surface area contributed by atoms with Crippen molar-refractivity contribution in [2.24, 2.45) is 17.3 Å². The lowest BCUT2D eigenvalue weighted by Gasteiger charge is -2.44. The molecule has 0 amide bonds. The average Bonchev–Trinajstić information content (AvgIpc) is 2.40. The zero-order valence-electron chi connectivity index (χ0n) is 13.4. The molecule has 112 valence electrons. The van der Waals surface area contributed by atoms with Crippen LogP contribution in [-0.2, 0) is 0 Å². The number of piperidine rings is 2. The first kappa shape index (κ1) is 15.3. The van der Waals surface area contributed by atoms with E-state index in [1.165, 1.54) is 71.2 Å². The monoisotopic (exact) mass is 266 g/mol. The van der Waals surface area contributed by atoms with Crippen molar-refractivity contribution in [1.82, 2.24) is 10.2 Å².